The molecule has 0 aliphatic carbocycles. The molecular weight excluding hydrogens is 315 g/mol. The number of ether oxygens (including phenoxy) is 2. The summed E-state index contributed by atoms with van der Waals surface area (Å²) in [4.78, 5) is 0. The number of rotatable bonds is 6. The number of methoxy groups -OCH3 is 1. The van der Waals surface area contributed by atoms with Crippen LogP contribution in [0.25, 0.3) is 0 Å². The number of allylic oxidation sites excluding steroid dienone is 2. The third-order valence-corrected chi connectivity index (χ3v) is 2.66. The van der Waals surface area contributed by atoms with Crippen molar-refractivity contribution in [2.75, 3.05) is 7.11 Å². The van der Waals surface area contributed by atoms with E-state index in [1.807, 2.05) is 36.4 Å². The molecule has 0 amide bonds. The van der Waals surface area contributed by atoms with Crippen molar-refractivity contribution < 1.29 is 9.47 Å². The van der Waals surface area contributed by atoms with E-state index in [1.54, 1.807) is 13.2 Å². The largest absolute Gasteiger partial charge is 0.465 e. The zero-order valence-electron chi connectivity index (χ0n) is 9.23. The van der Waals surface area contributed by atoms with Crippen molar-refractivity contribution in [3.63, 3.8) is 0 Å². The molecule has 2 nitrogen and oxygen atoms in total. The number of hydrogen-bond donors (Lipinski definition) is 0. The van der Waals surface area contributed by atoms with Gasteiger partial charge in [0.25, 0.3) is 0 Å². The summed E-state index contributed by atoms with van der Waals surface area (Å²) in [6, 6.07) is 7.88. The molecule has 86 valence electrons. The molecule has 0 aliphatic rings. The maximum atomic E-state index is 5.65. The summed E-state index contributed by atoms with van der Waals surface area (Å²) in [6.45, 7) is 3.61. The van der Waals surface area contributed by atoms with Gasteiger partial charge in [-0.3, -0.25) is 0 Å². The fourth-order valence-electron chi connectivity index (χ4n) is 1.14. The van der Waals surface area contributed by atoms with E-state index in [2.05, 4.69) is 29.2 Å². The summed E-state index contributed by atoms with van der Waals surface area (Å²) in [6.07, 6.45) is 6.03. The van der Waals surface area contributed by atoms with Crippen LogP contribution in [0.1, 0.15) is 6.42 Å². The maximum Gasteiger partial charge on any atom is 0.203 e. The Bertz CT molecular complexity index is 343. The molecule has 0 saturated heterocycles. The number of hydrogen-bond acceptors (Lipinski definition) is 2. The second kappa shape index (κ2) is 7.46. The van der Waals surface area contributed by atoms with E-state index in [0.717, 1.165) is 5.75 Å². The topological polar surface area (TPSA) is 18.5 Å². The van der Waals surface area contributed by atoms with E-state index in [-0.39, 0.29) is 6.29 Å². The Morgan fingerprint density at radius 3 is 2.62 bits per heavy atom. The average Bonchev–Trinajstić information content (AvgIpc) is 2.31. The van der Waals surface area contributed by atoms with Crippen LogP contribution in [-0.4, -0.2) is 13.4 Å². The molecule has 16 heavy (non-hydrogen) atoms. The molecule has 1 aromatic carbocycles. The lowest BCUT2D eigenvalue weighted by Crippen LogP contribution is -2.17. The van der Waals surface area contributed by atoms with Gasteiger partial charge in [-0.25, -0.2) is 0 Å². The van der Waals surface area contributed by atoms with Crippen LogP contribution in [-0.2, 0) is 4.74 Å². The third-order valence-electron chi connectivity index (χ3n) is 1.94. The van der Waals surface area contributed by atoms with E-state index in [4.69, 9.17) is 9.47 Å². The fourth-order valence-corrected chi connectivity index (χ4v) is 1.50. The van der Waals surface area contributed by atoms with Crippen LogP contribution in [0, 0.1) is 3.57 Å². The lowest BCUT2D eigenvalue weighted by Gasteiger charge is -2.15. The first-order valence-electron chi connectivity index (χ1n) is 4.99. The normalized spacial score (nSPS) is 12.6. The summed E-state index contributed by atoms with van der Waals surface area (Å²) >= 11 is 2.26. The SMILES string of the molecule is C=C/C=C\CC(OC)Oc1ccc(I)cc1. The van der Waals surface area contributed by atoms with Gasteiger partial charge < -0.3 is 9.47 Å². The molecule has 1 unspecified atom stereocenters. The van der Waals surface area contributed by atoms with Crippen LogP contribution in [0.3, 0.4) is 0 Å². The summed E-state index contributed by atoms with van der Waals surface area (Å²) in [5.41, 5.74) is 0. The molecule has 0 aromatic heterocycles. The first-order valence-corrected chi connectivity index (χ1v) is 6.06. The van der Waals surface area contributed by atoms with E-state index < -0.39 is 0 Å². The van der Waals surface area contributed by atoms with E-state index in [0.29, 0.717) is 6.42 Å². The first kappa shape index (κ1) is 13.3. The van der Waals surface area contributed by atoms with E-state index >= 15 is 0 Å². The van der Waals surface area contributed by atoms with Gasteiger partial charge in [-0.15, -0.1) is 0 Å². The highest BCUT2D eigenvalue weighted by molar-refractivity contribution is 14.1. The second-order valence-electron chi connectivity index (χ2n) is 3.14. The highest BCUT2D eigenvalue weighted by Crippen LogP contribution is 2.16. The lowest BCUT2D eigenvalue weighted by atomic mass is 10.3. The van der Waals surface area contributed by atoms with Crippen LogP contribution in [0.15, 0.2) is 49.1 Å². The van der Waals surface area contributed by atoms with E-state index in [9.17, 15) is 0 Å². The van der Waals surface area contributed by atoms with Gasteiger partial charge in [0, 0.05) is 17.1 Å². The maximum absolute atomic E-state index is 5.65. The molecule has 0 saturated carbocycles. The molecule has 0 bridgehead atoms. The molecule has 1 aromatic rings. The van der Waals surface area contributed by atoms with Crippen molar-refractivity contribution in [3.8, 4) is 5.75 Å². The summed E-state index contributed by atoms with van der Waals surface area (Å²) < 4.78 is 12.1. The van der Waals surface area contributed by atoms with Gasteiger partial charge in [0.05, 0.1) is 0 Å². The van der Waals surface area contributed by atoms with Crippen LogP contribution in [0.5, 0.6) is 5.75 Å². The monoisotopic (exact) mass is 330 g/mol. The standard InChI is InChI=1S/C13H15IO2/c1-3-4-5-6-13(15-2)16-12-9-7-11(14)8-10-12/h3-5,7-10,13H,1,6H2,2H3/b5-4-. The van der Waals surface area contributed by atoms with Gasteiger partial charge >= 0.3 is 0 Å². The Morgan fingerprint density at radius 1 is 1.38 bits per heavy atom. The minimum Gasteiger partial charge on any atom is -0.465 e. The highest BCUT2D eigenvalue weighted by atomic mass is 127. The highest BCUT2D eigenvalue weighted by Gasteiger charge is 2.06. The number of benzene rings is 1. The first-order chi connectivity index (χ1) is 7.76. The van der Waals surface area contributed by atoms with Crippen molar-refractivity contribution in [3.05, 3.63) is 52.6 Å². The summed E-state index contributed by atoms with van der Waals surface area (Å²) in [7, 11) is 1.64. The summed E-state index contributed by atoms with van der Waals surface area (Å²) in [5.74, 6) is 0.819. The fraction of sp³-hybridized carbons (Fsp3) is 0.231. The van der Waals surface area contributed by atoms with Crippen molar-refractivity contribution in [1.82, 2.24) is 0 Å². The molecule has 0 N–H and O–H groups in total. The molecule has 0 aliphatic heterocycles. The quantitative estimate of drug-likeness (QED) is 0.449. The van der Waals surface area contributed by atoms with Gasteiger partial charge in [-0.1, -0.05) is 24.8 Å². The van der Waals surface area contributed by atoms with Crippen molar-refractivity contribution in [2.45, 2.75) is 12.7 Å². The molecular formula is C13H15IO2. The zero-order valence-corrected chi connectivity index (χ0v) is 11.4. The van der Waals surface area contributed by atoms with Crippen LogP contribution in [0.2, 0.25) is 0 Å². The van der Waals surface area contributed by atoms with Gasteiger partial charge in [-0.2, -0.15) is 0 Å². The van der Waals surface area contributed by atoms with Crippen LogP contribution < -0.4 is 4.74 Å². The van der Waals surface area contributed by atoms with Gasteiger partial charge in [0.2, 0.25) is 6.29 Å². The minimum atomic E-state index is -0.253. The Morgan fingerprint density at radius 2 is 2.06 bits per heavy atom. The Labute approximate surface area is 110 Å². The van der Waals surface area contributed by atoms with Crippen LogP contribution >= 0.6 is 22.6 Å². The lowest BCUT2D eigenvalue weighted by molar-refractivity contribution is -0.0501. The molecule has 0 spiro atoms. The van der Waals surface area contributed by atoms with Crippen LogP contribution in [0.4, 0.5) is 0 Å². The summed E-state index contributed by atoms with van der Waals surface area (Å²) in [5, 5.41) is 0. The van der Waals surface area contributed by atoms with Gasteiger partial charge in [-0.05, 0) is 46.9 Å². The molecule has 1 atom stereocenters. The smallest absolute Gasteiger partial charge is 0.203 e. The van der Waals surface area contributed by atoms with Crippen molar-refractivity contribution in [1.29, 1.82) is 0 Å². The van der Waals surface area contributed by atoms with Gasteiger partial charge in [0.1, 0.15) is 5.75 Å². The number of halogens is 1. The average molecular weight is 330 g/mol. The zero-order chi connectivity index (χ0) is 11.8. The molecule has 0 radical (unpaired) electrons. The Balaban J connectivity index is 2.52. The van der Waals surface area contributed by atoms with Crippen molar-refractivity contribution in [2.24, 2.45) is 0 Å². The predicted octanol–water partition coefficient (Wildman–Crippen LogP) is 3.77. The van der Waals surface area contributed by atoms with E-state index in [1.165, 1.54) is 3.57 Å². The third kappa shape index (κ3) is 4.81. The molecule has 0 fully saturated rings. The van der Waals surface area contributed by atoms with Crippen molar-refractivity contribution >= 4 is 22.6 Å². The minimum absolute atomic E-state index is 0.253. The molecule has 0 heterocycles. The Kier molecular flexibility index (Phi) is 6.18. The Hall–Kier alpha value is -0.810. The molecule has 1 rings (SSSR count). The second-order valence-corrected chi connectivity index (χ2v) is 4.38. The van der Waals surface area contributed by atoms with Gasteiger partial charge in [0.15, 0.2) is 0 Å². The molecule has 3 heteroatoms. The predicted molar refractivity (Wildman–Crippen MR) is 74.5 cm³/mol.